The third kappa shape index (κ3) is 6.63. The van der Waals surface area contributed by atoms with Crippen molar-refractivity contribution in [2.75, 3.05) is 6.54 Å². The number of nitrogens with zero attached hydrogens (tertiary/aromatic N) is 1. The van der Waals surface area contributed by atoms with Gasteiger partial charge in [0.1, 0.15) is 25.0 Å². The van der Waals surface area contributed by atoms with Gasteiger partial charge in [0.15, 0.2) is 6.04 Å². The maximum atomic E-state index is 12.6. The Bertz CT molecular complexity index is 1250. The second-order valence-corrected chi connectivity index (χ2v) is 8.19. The molecular weight excluding hydrogens is 480 g/mol. The summed E-state index contributed by atoms with van der Waals surface area (Å²) in [5.74, 6) is -1.63. The van der Waals surface area contributed by atoms with Gasteiger partial charge >= 0.3 is 18.2 Å². The van der Waals surface area contributed by atoms with Crippen molar-refractivity contribution in [2.24, 2.45) is 0 Å². The van der Waals surface area contributed by atoms with E-state index in [9.17, 15) is 24.3 Å². The molecule has 0 spiro atoms. The first kappa shape index (κ1) is 25.2. The zero-order valence-electron chi connectivity index (χ0n) is 19.6. The first-order chi connectivity index (χ1) is 17.9. The number of amides is 2. The molecule has 37 heavy (non-hydrogen) atoms. The summed E-state index contributed by atoms with van der Waals surface area (Å²) in [6, 6.07) is 21.7. The molecule has 1 saturated heterocycles. The van der Waals surface area contributed by atoms with E-state index in [0.717, 1.165) is 16.0 Å². The van der Waals surface area contributed by atoms with Crippen molar-refractivity contribution in [1.29, 1.82) is 0 Å². The minimum absolute atomic E-state index is 0.000298. The Hall–Kier alpha value is -4.86. The van der Waals surface area contributed by atoms with Gasteiger partial charge in [0.05, 0.1) is 6.54 Å². The number of hydrogen-bond acceptors (Lipinski definition) is 7. The van der Waals surface area contributed by atoms with E-state index in [1.165, 1.54) is 24.3 Å². The molecule has 1 aliphatic heterocycles. The van der Waals surface area contributed by atoms with Gasteiger partial charge in [0.25, 0.3) is 0 Å². The molecule has 4 rings (SSSR count). The van der Waals surface area contributed by atoms with Gasteiger partial charge in [-0.1, -0.05) is 72.8 Å². The van der Waals surface area contributed by atoms with E-state index in [0.29, 0.717) is 5.56 Å². The largest absolute Gasteiger partial charge is 0.514 e. The standard InChI is InChI=1S/C27H24N2O8/c30-24-22(28-26(33)35-16-18-7-3-1-4-8-18)15-29(24)23(25(31)32)20-11-13-21(14-12-20)37-27(34)36-17-19-9-5-2-6-10-19/h1-14,22-23H,15-17H2,(H,28,33)(H,31,32)/t22-,23+/m0/s1. The molecule has 2 amide bonds. The normalized spacial score (nSPS) is 15.2. The van der Waals surface area contributed by atoms with Crippen LogP contribution in [0.2, 0.25) is 0 Å². The monoisotopic (exact) mass is 504 g/mol. The van der Waals surface area contributed by atoms with Crippen LogP contribution in [0, 0.1) is 0 Å². The summed E-state index contributed by atoms with van der Waals surface area (Å²) < 4.78 is 15.3. The predicted molar refractivity (Wildman–Crippen MR) is 129 cm³/mol. The molecule has 2 N–H and O–H groups in total. The second kappa shape index (κ2) is 11.7. The van der Waals surface area contributed by atoms with Gasteiger partial charge in [-0.2, -0.15) is 0 Å². The highest BCUT2D eigenvalue weighted by Crippen LogP contribution is 2.29. The van der Waals surface area contributed by atoms with Gasteiger partial charge < -0.3 is 29.5 Å². The van der Waals surface area contributed by atoms with Crippen LogP contribution in [0.1, 0.15) is 22.7 Å². The third-order valence-corrected chi connectivity index (χ3v) is 5.61. The second-order valence-electron chi connectivity index (χ2n) is 8.19. The van der Waals surface area contributed by atoms with Crippen molar-refractivity contribution in [2.45, 2.75) is 25.3 Å². The topological polar surface area (TPSA) is 131 Å². The molecule has 1 aliphatic rings. The number of hydrogen-bond donors (Lipinski definition) is 2. The molecule has 0 bridgehead atoms. The van der Waals surface area contributed by atoms with Crippen LogP contribution in [0.15, 0.2) is 84.9 Å². The van der Waals surface area contributed by atoms with Gasteiger partial charge in [-0.15, -0.1) is 0 Å². The van der Waals surface area contributed by atoms with Crippen LogP contribution in [-0.2, 0) is 32.3 Å². The fourth-order valence-corrected chi connectivity index (χ4v) is 3.72. The molecule has 0 aromatic heterocycles. The summed E-state index contributed by atoms with van der Waals surface area (Å²) in [5.41, 5.74) is 1.90. The average Bonchev–Trinajstić information content (AvgIpc) is 2.91. The lowest BCUT2D eigenvalue weighted by Gasteiger charge is -2.41. The zero-order valence-corrected chi connectivity index (χ0v) is 19.6. The molecule has 2 atom stereocenters. The minimum Gasteiger partial charge on any atom is -0.479 e. The fourth-order valence-electron chi connectivity index (χ4n) is 3.72. The van der Waals surface area contributed by atoms with Crippen molar-refractivity contribution in [3.05, 3.63) is 102 Å². The number of carbonyl (C=O) groups is 4. The molecule has 0 unspecified atom stereocenters. The number of rotatable bonds is 9. The van der Waals surface area contributed by atoms with Gasteiger partial charge in [-0.05, 0) is 28.8 Å². The Balaban J connectivity index is 1.28. The van der Waals surface area contributed by atoms with Crippen LogP contribution in [0.4, 0.5) is 9.59 Å². The highest BCUT2D eigenvalue weighted by molar-refractivity contribution is 5.94. The summed E-state index contributed by atoms with van der Waals surface area (Å²) in [6.07, 6.45) is -1.67. The minimum atomic E-state index is -1.27. The van der Waals surface area contributed by atoms with E-state index in [1.54, 1.807) is 24.3 Å². The van der Waals surface area contributed by atoms with Crippen LogP contribution in [0.25, 0.3) is 0 Å². The number of benzene rings is 3. The first-order valence-electron chi connectivity index (χ1n) is 11.4. The van der Waals surface area contributed by atoms with Gasteiger partial charge in [0.2, 0.25) is 5.91 Å². The SMILES string of the molecule is O=C(N[C@H]1CN([C@@H](C(=O)O)c2ccc(OC(=O)OCc3ccccc3)cc2)C1=O)OCc1ccccc1. The number of carboxylic acid groups (broad SMARTS) is 1. The van der Waals surface area contributed by atoms with Crippen LogP contribution < -0.4 is 10.1 Å². The van der Waals surface area contributed by atoms with Crippen molar-refractivity contribution < 1.29 is 38.5 Å². The van der Waals surface area contributed by atoms with E-state index in [2.05, 4.69) is 5.32 Å². The van der Waals surface area contributed by atoms with Gasteiger partial charge in [-0.25, -0.2) is 14.4 Å². The van der Waals surface area contributed by atoms with Crippen LogP contribution in [0.5, 0.6) is 5.75 Å². The van der Waals surface area contributed by atoms with Crippen molar-refractivity contribution in [3.63, 3.8) is 0 Å². The molecule has 0 aliphatic carbocycles. The molecule has 3 aromatic carbocycles. The Morgan fingerprint density at radius 1 is 0.865 bits per heavy atom. The van der Waals surface area contributed by atoms with Crippen molar-refractivity contribution >= 4 is 24.1 Å². The van der Waals surface area contributed by atoms with Crippen LogP contribution in [-0.4, -0.2) is 46.7 Å². The number of carboxylic acids is 1. The van der Waals surface area contributed by atoms with E-state index in [4.69, 9.17) is 14.2 Å². The molecule has 190 valence electrons. The van der Waals surface area contributed by atoms with E-state index in [1.807, 2.05) is 36.4 Å². The molecule has 0 radical (unpaired) electrons. The summed E-state index contributed by atoms with van der Waals surface area (Å²) in [4.78, 5) is 49.6. The lowest BCUT2D eigenvalue weighted by Crippen LogP contribution is -2.65. The number of ether oxygens (including phenoxy) is 3. The number of β-lactam (4-membered cyclic amide) rings is 1. The number of carbonyl (C=O) groups excluding carboxylic acids is 3. The Labute approximate surface area is 212 Å². The summed E-state index contributed by atoms with van der Waals surface area (Å²) in [6.45, 7) is 0.0918. The van der Waals surface area contributed by atoms with Crippen molar-refractivity contribution in [3.8, 4) is 5.75 Å². The molecule has 1 fully saturated rings. The van der Waals surface area contributed by atoms with Crippen LogP contribution >= 0.6 is 0 Å². The molecule has 3 aromatic rings. The summed E-state index contributed by atoms with van der Waals surface area (Å²) in [7, 11) is 0. The predicted octanol–water partition coefficient (Wildman–Crippen LogP) is 3.67. The Morgan fingerprint density at radius 3 is 1.97 bits per heavy atom. The fraction of sp³-hybridized carbons (Fsp3) is 0.185. The lowest BCUT2D eigenvalue weighted by atomic mass is 9.98. The molecule has 10 heteroatoms. The number of likely N-dealkylation sites (tertiary alicyclic amines) is 1. The summed E-state index contributed by atoms with van der Waals surface area (Å²) >= 11 is 0. The van der Waals surface area contributed by atoms with Gasteiger partial charge in [0, 0.05) is 0 Å². The maximum absolute atomic E-state index is 12.6. The van der Waals surface area contributed by atoms with E-state index >= 15 is 0 Å². The van der Waals surface area contributed by atoms with Crippen molar-refractivity contribution in [1.82, 2.24) is 10.2 Å². The number of nitrogens with one attached hydrogen (secondary N) is 1. The molecular formula is C27H24N2O8. The Kier molecular flexibility index (Phi) is 7.99. The zero-order chi connectivity index (χ0) is 26.2. The van der Waals surface area contributed by atoms with E-state index in [-0.39, 0.29) is 25.5 Å². The maximum Gasteiger partial charge on any atom is 0.514 e. The van der Waals surface area contributed by atoms with Gasteiger partial charge in [-0.3, -0.25) is 4.79 Å². The van der Waals surface area contributed by atoms with E-state index < -0.39 is 36.2 Å². The summed E-state index contributed by atoms with van der Waals surface area (Å²) in [5, 5.41) is 12.2. The number of alkyl carbamates (subject to hydrolysis) is 1. The molecule has 10 nitrogen and oxygen atoms in total. The number of aliphatic carboxylic acids is 1. The Morgan fingerprint density at radius 2 is 1.43 bits per heavy atom. The highest BCUT2D eigenvalue weighted by Gasteiger charge is 2.45. The first-order valence-corrected chi connectivity index (χ1v) is 11.4. The molecule has 0 saturated carbocycles. The third-order valence-electron chi connectivity index (χ3n) is 5.61. The average molecular weight is 504 g/mol. The van der Waals surface area contributed by atoms with Crippen LogP contribution in [0.3, 0.4) is 0 Å². The smallest absolute Gasteiger partial charge is 0.479 e. The molecule has 1 heterocycles. The highest BCUT2D eigenvalue weighted by atomic mass is 16.7. The quantitative estimate of drug-likeness (QED) is 0.256. The lowest BCUT2D eigenvalue weighted by molar-refractivity contribution is -0.159.